The van der Waals surface area contributed by atoms with Crippen molar-refractivity contribution in [1.29, 1.82) is 0 Å². The molecule has 0 spiro atoms. The molecule has 0 aliphatic rings. The first-order chi connectivity index (χ1) is 21.4. The fraction of sp³-hybridized carbons (Fsp3) is 0.286. The Hall–Kier alpha value is -4.40. The van der Waals surface area contributed by atoms with Gasteiger partial charge in [-0.15, -0.1) is 0 Å². The minimum atomic E-state index is -0.556. The Kier molecular flexibility index (Phi) is 14.7. The van der Waals surface area contributed by atoms with Crippen molar-refractivity contribution in [2.45, 2.75) is 32.6 Å². The average molecular weight is 621 g/mol. The highest BCUT2D eigenvalue weighted by Crippen LogP contribution is 2.27. The zero-order chi connectivity index (χ0) is 31.6. The summed E-state index contributed by atoms with van der Waals surface area (Å²) in [6, 6.07) is 19.5. The monoisotopic (exact) mass is 620 g/mol. The predicted octanol–water partition coefficient (Wildman–Crippen LogP) is 7.49. The maximum Gasteiger partial charge on any atom is 0.343 e. The molecule has 232 valence electrons. The van der Waals surface area contributed by atoms with Crippen molar-refractivity contribution in [1.82, 2.24) is 0 Å². The number of unbranched alkanes of at least 4 members (excludes halogenated alkanes) is 3. The first-order valence-corrected chi connectivity index (χ1v) is 14.8. The summed E-state index contributed by atoms with van der Waals surface area (Å²) in [4.78, 5) is 35.5. The Morgan fingerprint density at radius 3 is 2.14 bits per heavy atom. The third-order valence-electron chi connectivity index (χ3n) is 6.25. The van der Waals surface area contributed by atoms with Crippen molar-refractivity contribution < 1.29 is 38.1 Å². The van der Waals surface area contributed by atoms with E-state index in [4.69, 9.17) is 35.3 Å². The van der Waals surface area contributed by atoms with Crippen LogP contribution in [0.4, 0.5) is 0 Å². The maximum absolute atomic E-state index is 12.7. The van der Waals surface area contributed by atoms with E-state index in [-0.39, 0.29) is 43.0 Å². The highest BCUT2D eigenvalue weighted by Gasteiger charge is 2.12. The molecule has 0 aromatic heterocycles. The summed E-state index contributed by atoms with van der Waals surface area (Å²) < 4.78 is 26.5. The second kappa shape index (κ2) is 19.0. The number of halogens is 1. The Balaban J connectivity index is 1.44. The molecule has 3 aromatic carbocycles. The Morgan fingerprint density at radius 2 is 1.45 bits per heavy atom. The molecule has 3 aromatic rings. The molecule has 3 rings (SSSR count). The van der Waals surface area contributed by atoms with Gasteiger partial charge in [-0.05, 0) is 59.5 Å². The summed E-state index contributed by atoms with van der Waals surface area (Å²) in [5.74, 6) is -0.619. The van der Waals surface area contributed by atoms with Crippen LogP contribution in [0.15, 0.2) is 85.5 Å². The fourth-order valence-electron chi connectivity index (χ4n) is 3.90. The van der Waals surface area contributed by atoms with Gasteiger partial charge in [-0.2, -0.15) is 0 Å². The number of hydrogen-bond donors (Lipinski definition) is 0. The van der Waals surface area contributed by atoms with Gasteiger partial charge in [0.25, 0.3) is 0 Å². The van der Waals surface area contributed by atoms with Crippen molar-refractivity contribution in [3.8, 4) is 22.6 Å². The van der Waals surface area contributed by atoms with E-state index in [1.54, 1.807) is 30.3 Å². The number of esters is 3. The highest BCUT2D eigenvalue weighted by molar-refractivity contribution is 6.32. The van der Waals surface area contributed by atoms with Crippen molar-refractivity contribution in [3.05, 3.63) is 102 Å². The number of carbonyl (C=O) groups is 3. The molecule has 0 amide bonds. The second-order valence-corrected chi connectivity index (χ2v) is 9.98. The lowest BCUT2D eigenvalue weighted by atomic mass is 10.0. The zero-order valence-corrected chi connectivity index (χ0v) is 25.6. The molecule has 8 nitrogen and oxygen atoms in total. The molecule has 0 heterocycles. The highest BCUT2D eigenvalue weighted by atomic mass is 35.5. The molecule has 0 atom stereocenters. The number of rotatable bonds is 18. The van der Waals surface area contributed by atoms with E-state index in [9.17, 15) is 14.4 Å². The molecule has 0 unspecified atom stereocenters. The molecular formula is C35H37ClO8. The summed E-state index contributed by atoms with van der Waals surface area (Å²) in [5.41, 5.74) is 3.07. The molecule has 44 heavy (non-hydrogen) atoms. The summed E-state index contributed by atoms with van der Waals surface area (Å²) in [6.07, 6.45) is 8.50. The van der Waals surface area contributed by atoms with Crippen LogP contribution in [0.25, 0.3) is 17.2 Å². The van der Waals surface area contributed by atoms with Gasteiger partial charge in [-0.1, -0.05) is 80.8 Å². The number of benzene rings is 3. The lowest BCUT2D eigenvalue weighted by molar-refractivity contribution is -0.139. The largest absolute Gasteiger partial charge is 0.490 e. The number of carbonyl (C=O) groups excluding carboxylic acids is 3. The zero-order valence-electron chi connectivity index (χ0n) is 24.8. The van der Waals surface area contributed by atoms with Crippen molar-refractivity contribution >= 4 is 35.6 Å². The summed E-state index contributed by atoms with van der Waals surface area (Å²) in [7, 11) is 0. The van der Waals surface area contributed by atoms with Gasteiger partial charge in [0, 0.05) is 12.2 Å². The first kappa shape index (κ1) is 34.1. The van der Waals surface area contributed by atoms with E-state index >= 15 is 0 Å². The van der Waals surface area contributed by atoms with Crippen LogP contribution < -0.4 is 9.47 Å². The molecule has 0 fully saturated rings. The van der Waals surface area contributed by atoms with Gasteiger partial charge in [0.15, 0.2) is 0 Å². The molecule has 9 heteroatoms. The van der Waals surface area contributed by atoms with E-state index in [0.717, 1.165) is 48.4 Å². The van der Waals surface area contributed by atoms with E-state index < -0.39 is 11.9 Å². The molecule has 0 radical (unpaired) electrons. The maximum atomic E-state index is 12.7. The predicted molar refractivity (Wildman–Crippen MR) is 170 cm³/mol. The summed E-state index contributed by atoms with van der Waals surface area (Å²) in [6.45, 7) is 6.73. The summed E-state index contributed by atoms with van der Waals surface area (Å²) >= 11 is 6.29. The number of ether oxygens (including phenoxy) is 5. The SMILES string of the molecule is C=CC(=O)OCCOCCOc1ccc(C(=O)Oc2ccc(-c3ccc(C=CC(=O)OCCCCCC)cc3)cc2)cc1Cl. The normalized spacial score (nSPS) is 10.8. The van der Waals surface area contributed by atoms with Crippen molar-refractivity contribution in [2.24, 2.45) is 0 Å². The fourth-order valence-corrected chi connectivity index (χ4v) is 4.13. The van der Waals surface area contributed by atoms with Gasteiger partial charge in [0.2, 0.25) is 0 Å². The molecule has 0 saturated carbocycles. The van der Waals surface area contributed by atoms with E-state index in [0.29, 0.717) is 18.1 Å². The third kappa shape index (κ3) is 12.1. The average Bonchev–Trinajstić information content (AvgIpc) is 3.04. The van der Waals surface area contributed by atoms with Gasteiger partial charge in [-0.3, -0.25) is 0 Å². The van der Waals surface area contributed by atoms with Gasteiger partial charge >= 0.3 is 17.9 Å². The first-order valence-electron chi connectivity index (χ1n) is 14.5. The van der Waals surface area contributed by atoms with Crippen LogP contribution in [0.5, 0.6) is 11.5 Å². The van der Waals surface area contributed by atoms with E-state index in [2.05, 4.69) is 13.5 Å². The van der Waals surface area contributed by atoms with Gasteiger partial charge in [0.05, 0.1) is 30.4 Å². The van der Waals surface area contributed by atoms with Crippen LogP contribution in [0.3, 0.4) is 0 Å². The van der Waals surface area contributed by atoms with Crippen LogP contribution >= 0.6 is 11.6 Å². The van der Waals surface area contributed by atoms with Crippen LogP contribution in [0.2, 0.25) is 5.02 Å². The molecule has 0 saturated heterocycles. The quantitative estimate of drug-likeness (QED) is 0.0624. The number of hydrogen-bond acceptors (Lipinski definition) is 8. The molecular weight excluding hydrogens is 584 g/mol. The molecule has 0 bridgehead atoms. The second-order valence-electron chi connectivity index (χ2n) is 9.58. The third-order valence-corrected chi connectivity index (χ3v) is 6.55. The Bertz CT molecular complexity index is 1400. The minimum Gasteiger partial charge on any atom is -0.490 e. The Morgan fingerprint density at radius 1 is 0.773 bits per heavy atom. The molecule has 0 aliphatic carbocycles. The van der Waals surface area contributed by atoms with Gasteiger partial charge in [0.1, 0.15) is 24.7 Å². The van der Waals surface area contributed by atoms with Crippen molar-refractivity contribution in [2.75, 3.05) is 33.0 Å². The van der Waals surface area contributed by atoms with Crippen molar-refractivity contribution in [3.63, 3.8) is 0 Å². The smallest absolute Gasteiger partial charge is 0.343 e. The van der Waals surface area contributed by atoms with Crippen LogP contribution in [0.1, 0.15) is 48.5 Å². The Labute approximate surface area is 263 Å². The van der Waals surface area contributed by atoms with Gasteiger partial charge in [-0.25, -0.2) is 14.4 Å². The summed E-state index contributed by atoms with van der Waals surface area (Å²) in [5, 5.41) is 0.257. The lowest BCUT2D eigenvalue weighted by Gasteiger charge is -2.10. The van der Waals surface area contributed by atoms with Crippen LogP contribution in [-0.2, 0) is 23.8 Å². The van der Waals surface area contributed by atoms with E-state index in [1.165, 1.54) is 12.1 Å². The molecule has 0 aliphatic heterocycles. The minimum absolute atomic E-state index is 0.121. The van der Waals surface area contributed by atoms with Crippen LogP contribution in [-0.4, -0.2) is 50.9 Å². The van der Waals surface area contributed by atoms with Gasteiger partial charge < -0.3 is 23.7 Å². The van der Waals surface area contributed by atoms with E-state index in [1.807, 2.05) is 36.4 Å². The standard InChI is InChI=1S/C35H37ClO8/c1-3-5-6-7-20-42-34(38)19-10-26-8-11-27(12-9-26)28-13-16-30(17-14-28)44-35(39)29-15-18-32(31(36)25-29)41-23-21-40-22-24-43-33(37)4-2/h4,8-19,25H,2-3,5-7,20-24H2,1H3. The lowest BCUT2D eigenvalue weighted by Crippen LogP contribution is -2.13. The topological polar surface area (TPSA) is 97.4 Å². The molecule has 0 N–H and O–H groups in total. The van der Waals surface area contributed by atoms with Crippen LogP contribution in [0, 0.1) is 0 Å².